The fourth-order valence-electron chi connectivity index (χ4n) is 2.39. The minimum absolute atomic E-state index is 0.0382. The molecule has 106 valence electrons. The van der Waals surface area contributed by atoms with Crippen LogP contribution in [0.1, 0.15) is 47.5 Å². The zero-order valence-corrected chi connectivity index (χ0v) is 12.4. The summed E-state index contributed by atoms with van der Waals surface area (Å²) in [5, 5.41) is 2.97. The third-order valence-electron chi connectivity index (χ3n) is 4.54. The van der Waals surface area contributed by atoms with Crippen molar-refractivity contribution in [3.63, 3.8) is 0 Å². The molecule has 1 fully saturated rings. The molecule has 4 nitrogen and oxygen atoms in total. The zero-order valence-electron chi connectivity index (χ0n) is 12.4. The van der Waals surface area contributed by atoms with Crippen LogP contribution in [0, 0.1) is 11.3 Å². The monoisotopic (exact) mass is 256 g/mol. The average Bonchev–Trinajstić information content (AvgIpc) is 2.34. The predicted molar refractivity (Wildman–Crippen MR) is 73.2 cm³/mol. The lowest BCUT2D eigenvalue weighted by Gasteiger charge is -2.57. The van der Waals surface area contributed by atoms with Gasteiger partial charge in [-0.25, -0.2) is 0 Å². The fourth-order valence-corrected chi connectivity index (χ4v) is 2.39. The van der Waals surface area contributed by atoms with Crippen LogP contribution in [-0.4, -0.2) is 30.7 Å². The molecule has 0 bridgehead atoms. The molecule has 0 aromatic rings. The number of rotatable bonds is 6. The van der Waals surface area contributed by atoms with Crippen LogP contribution >= 0.6 is 0 Å². The predicted octanol–water partition coefficient (Wildman–Crippen LogP) is 1.68. The largest absolute Gasteiger partial charge is 0.378 e. The summed E-state index contributed by atoms with van der Waals surface area (Å²) in [7, 11) is 0. The van der Waals surface area contributed by atoms with E-state index in [1.165, 1.54) is 0 Å². The average molecular weight is 256 g/mol. The van der Waals surface area contributed by atoms with Crippen molar-refractivity contribution < 1.29 is 9.53 Å². The highest BCUT2D eigenvalue weighted by Crippen LogP contribution is 2.49. The third kappa shape index (κ3) is 2.54. The van der Waals surface area contributed by atoms with E-state index in [2.05, 4.69) is 19.2 Å². The van der Waals surface area contributed by atoms with Crippen molar-refractivity contribution in [2.24, 2.45) is 17.1 Å². The van der Waals surface area contributed by atoms with Crippen molar-refractivity contribution in [2.75, 3.05) is 13.2 Å². The van der Waals surface area contributed by atoms with Crippen LogP contribution in [0.3, 0.4) is 0 Å². The number of nitrogens with one attached hydrogen (secondary N) is 1. The van der Waals surface area contributed by atoms with Crippen molar-refractivity contribution in [1.29, 1.82) is 0 Å². The van der Waals surface area contributed by atoms with E-state index < -0.39 is 5.54 Å². The first-order valence-electron chi connectivity index (χ1n) is 6.98. The van der Waals surface area contributed by atoms with Crippen LogP contribution in [0.4, 0.5) is 0 Å². The van der Waals surface area contributed by atoms with Crippen molar-refractivity contribution in [3.8, 4) is 0 Å². The summed E-state index contributed by atoms with van der Waals surface area (Å²) >= 11 is 0. The van der Waals surface area contributed by atoms with Crippen LogP contribution in [0.5, 0.6) is 0 Å². The lowest BCUT2D eigenvalue weighted by atomic mass is 9.54. The maximum Gasteiger partial charge on any atom is 0.240 e. The van der Waals surface area contributed by atoms with Gasteiger partial charge in [-0.1, -0.05) is 34.1 Å². The van der Waals surface area contributed by atoms with Crippen LogP contribution < -0.4 is 11.1 Å². The Morgan fingerprint density at radius 3 is 2.56 bits per heavy atom. The number of carbonyl (C=O) groups excluding carboxylic acids is 1. The molecular formula is C14H28N2O2. The van der Waals surface area contributed by atoms with Gasteiger partial charge in [0, 0.05) is 25.0 Å². The van der Waals surface area contributed by atoms with Gasteiger partial charge in [0.05, 0.1) is 6.10 Å². The molecule has 0 aromatic heterocycles. The number of ether oxygens (including phenoxy) is 1. The highest BCUT2D eigenvalue weighted by atomic mass is 16.5. The highest BCUT2D eigenvalue weighted by molar-refractivity contribution is 5.88. The quantitative estimate of drug-likeness (QED) is 0.760. The van der Waals surface area contributed by atoms with Gasteiger partial charge in [-0.05, 0) is 12.8 Å². The van der Waals surface area contributed by atoms with E-state index in [1.54, 1.807) is 0 Å². The van der Waals surface area contributed by atoms with E-state index >= 15 is 0 Å². The minimum Gasteiger partial charge on any atom is -0.378 e. The molecule has 1 aliphatic carbocycles. The van der Waals surface area contributed by atoms with Crippen LogP contribution in [-0.2, 0) is 9.53 Å². The normalized spacial score (nSPS) is 31.6. The molecule has 0 aliphatic heterocycles. The second-order valence-corrected chi connectivity index (χ2v) is 6.06. The molecule has 1 aliphatic rings. The Labute approximate surface area is 111 Å². The van der Waals surface area contributed by atoms with Gasteiger partial charge in [-0.15, -0.1) is 0 Å². The highest BCUT2D eigenvalue weighted by Gasteiger charge is 2.62. The van der Waals surface area contributed by atoms with Crippen LogP contribution in [0.2, 0.25) is 0 Å². The third-order valence-corrected chi connectivity index (χ3v) is 4.54. The van der Waals surface area contributed by atoms with Gasteiger partial charge < -0.3 is 15.8 Å². The first-order valence-corrected chi connectivity index (χ1v) is 6.98. The fraction of sp³-hybridized carbons (Fsp3) is 0.929. The Hall–Kier alpha value is -0.610. The number of hydrogen-bond donors (Lipinski definition) is 2. The van der Waals surface area contributed by atoms with Gasteiger partial charge in [-0.2, -0.15) is 0 Å². The van der Waals surface area contributed by atoms with Gasteiger partial charge in [0.25, 0.3) is 0 Å². The van der Waals surface area contributed by atoms with Gasteiger partial charge >= 0.3 is 0 Å². The number of hydrogen-bond acceptors (Lipinski definition) is 3. The molecule has 0 saturated heterocycles. The smallest absolute Gasteiger partial charge is 0.240 e. The zero-order chi connectivity index (χ0) is 14.0. The first-order chi connectivity index (χ1) is 8.29. The number of amides is 1. The standard InChI is InChI=1S/C14H28N2O2/c1-6-10(3)9-16-12(17)14(15)8-11(18-7-2)13(14,4)5/h10-11H,6-9,15H2,1-5H3,(H,16,17). The molecule has 3 atom stereocenters. The van der Waals surface area contributed by atoms with Gasteiger partial charge in [0.2, 0.25) is 5.91 Å². The van der Waals surface area contributed by atoms with Crippen molar-refractivity contribution >= 4 is 5.91 Å². The summed E-state index contributed by atoms with van der Waals surface area (Å²) in [5.74, 6) is 0.451. The molecule has 0 heterocycles. The molecule has 18 heavy (non-hydrogen) atoms. The Bertz CT molecular complexity index is 304. The van der Waals surface area contributed by atoms with Gasteiger partial charge in [0.1, 0.15) is 5.54 Å². The summed E-state index contributed by atoms with van der Waals surface area (Å²) < 4.78 is 5.63. The lowest BCUT2D eigenvalue weighted by Crippen LogP contribution is -2.75. The van der Waals surface area contributed by atoms with Crippen LogP contribution in [0.25, 0.3) is 0 Å². The van der Waals surface area contributed by atoms with E-state index in [0.717, 1.165) is 6.42 Å². The summed E-state index contributed by atoms with van der Waals surface area (Å²) in [4.78, 5) is 12.2. The Kier molecular flexibility index (Phi) is 4.78. The number of nitrogens with two attached hydrogens (primary N) is 1. The molecular weight excluding hydrogens is 228 g/mol. The first kappa shape index (κ1) is 15.4. The topological polar surface area (TPSA) is 64.3 Å². The van der Waals surface area contributed by atoms with E-state index in [4.69, 9.17) is 10.5 Å². The van der Waals surface area contributed by atoms with Gasteiger partial charge in [-0.3, -0.25) is 4.79 Å². The van der Waals surface area contributed by atoms with E-state index in [1.807, 2.05) is 20.8 Å². The summed E-state index contributed by atoms with van der Waals surface area (Å²) in [6.45, 7) is 11.6. The van der Waals surface area contributed by atoms with E-state index in [0.29, 0.717) is 25.5 Å². The number of carbonyl (C=O) groups is 1. The minimum atomic E-state index is -0.791. The second-order valence-electron chi connectivity index (χ2n) is 6.06. The van der Waals surface area contributed by atoms with Crippen molar-refractivity contribution in [3.05, 3.63) is 0 Å². The molecule has 0 spiro atoms. The summed E-state index contributed by atoms with van der Waals surface area (Å²) in [5.41, 5.74) is 5.19. The molecule has 3 N–H and O–H groups in total. The molecule has 4 heteroatoms. The van der Waals surface area contributed by atoms with E-state index in [9.17, 15) is 4.79 Å². The van der Waals surface area contributed by atoms with Crippen molar-refractivity contribution in [2.45, 2.75) is 59.1 Å². The Balaban J connectivity index is 2.58. The SMILES string of the molecule is CCOC1CC(N)(C(=O)NCC(C)CC)C1(C)C. The molecule has 1 saturated carbocycles. The maximum atomic E-state index is 12.2. The molecule has 3 unspecified atom stereocenters. The summed E-state index contributed by atoms with van der Waals surface area (Å²) in [6.07, 6.45) is 1.75. The van der Waals surface area contributed by atoms with Crippen molar-refractivity contribution in [1.82, 2.24) is 5.32 Å². The molecule has 1 amide bonds. The Morgan fingerprint density at radius 2 is 2.11 bits per heavy atom. The van der Waals surface area contributed by atoms with Crippen LogP contribution in [0.15, 0.2) is 0 Å². The second kappa shape index (κ2) is 5.57. The molecule has 0 radical (unpaired) electrons. The molecule has 0 aromatic carbocycles. The lowest BCUT2D eigenvalue weighted by molar-refractivity contribution is -0.170. The Morgan fingerprint density at radius 1 is 1.50 bits per heavy atom. The van der Waals surface area contributed by atoms with E-state index in [-0.39, 0.29) is 17.4 Å². The molecule has 1 rings (SSSR count). The van der Waals surface area contributed by atoms with Gasteiger partial charge in [0.15, 0.2) is 0 Å². The maximum absolute atomic E-state index is 12.2. The summed E-state index contributed by atoms with van der Waals surface area (Å²) in [6, 6.07) is 0.